The van der Waals surface area contributed by atoms with Gasteiger partial charge in [-0.1, -0.05) is 18.2 Å². The van der Waals surface area contributed by atoms with Crippen LogP contribution >= 0.6 is 0 Å². The molecule has 2 aromatic heterocycles. The lowest BCUT2D eigenvalue weighted by molar-refractivity contribution is -0.137. The summed E-state index contributed by atoms with van der Waals surface area (Å²) in [4.78, 5) is 7.29. The second-order valence-electron chi connectivity index (χ2n) is 5.78. The van der Waals surface area contributed by atoms with E-state index in [-0.39, 0.29) is 0 Å². The number of nitrogens with zero attached hydrogens (tertiary/aromatic N) is 2. The maximum absolute atomic E-state index is 12.7. The molecule has 0 unspecified atom stereocenters. The molecule has 0 aliphatic carbocycles. The van der Waals surface area contributed by atoms with Crippen molar-refractivity contribution in [1.82, 2.24) is 14.5 Å². The van der Waals surface area contributed by atoms with Crippen LogP contribution in [0.1, 0.15) is 11.1 Å². The molecule has 6 heteroatoms. The highest BCUT2D eigenvalue weighted by molar-refractivity contribution is 5.75. The van der Waals surface area contributed by atoms with E-state index in [2.05, 4.69) is 16.0 Å². The monoisotopic (exact) mass is 340 g/mol. The van der Waals surface area contributed by atoms with E-state index in [0.29, 0.717) is 6.54 Å². The Morgan fingerprint density at radius 3 is 2.64 bits per heavy atom. The predicted octanol–water partition coefficient (Wildman–Crippen LogP) is 4.90. The Morgan fingerprint density at radius 2 is 1.88 bits per heavy atom. The van der Waals surface area contributed by atoms with Crippen molar-refractivity contribution in [1.29, 1.82) is 0 Å². The van der Waals surface area contributed by atoms with Gasteiger partial charge in [-0.2, -0.15) is 13.2 Å². The summed E-state index contributed by atoms with van der Waals surface area (Å²) in [6.45, 7) is 0.586. The Kier molecular flexibility index (Phi) is 3.60. The van der Waals surface area contributed by atoms with E-state index < -0.39 is 11.7 Å². The number of fused-ring (bicyclic) bond motifs is 1. The minimum atomic E-state index is -4.33. The first-order valence-electron chi connectivity index (χ1n) is 7.66. The van der Waals surface area contributed by atoms with Crippen LogP contribution in [0.2, 0.25) is 0 Å². The van der Waals surface area contributed by atoms with E-state index in [9.17, 15) is 13.2 Å². The number of rotatable bonds is 3. The molecule has 0 saturated heterocycles. The van der Waals surface area contributed by atoms with E-state index in [0.717, 1.165) is 40.0 Å². The van der Waals surface area contributed by atoms with Gasteiger partial charge in [0.15, 0.2) is 0 Å². The van der Waals surface area contributed by atoms with Gasteiger partial charge in [-0.15, -0.1) is 0 Å². The highest BCUT2D eigenvalue weighted by Crippen LogP contribution is 2.31. The highest BCUT2D eigenvalue weighted by atomic mass is 19.4. The van der Waals surface area contributed by atoms with Crippen LogP contribution in [0.3, 0.4) is 0 Å². The quantitative estimate of drug-likeness (QED) is 0.565. The van der Waals surface area contributed by atoms with E-state index >= 15 is 0 Å². The van der Waals surface area contributed by atoms with Crippen LogP contribution in [0.25, 0.3) is 22.3 Å². The molecule has 125 valence electrons. The van der Waals surface area contributed by atoms with E-state index in [4.69, 9.17) is 0 Å². The van der Waals surface area contributed by atoms with E-state index in [1.165, 1.54) is 12.1 Å². The molecule has 4 rings (SSSR count). The summed E-state index contributed by atoms with van der Waals surface area (Å²) < 4.78 is 40.1. The predicted molar refractivity (Wildman–Crippen MR) is 88.9 cm³/mol. The lowest BCUT2D eigenvalue weighted by Gasteiger charge is -2.11. The standard InChI is InChI=1S/C19H13F3N3/c20-19(21,22)15-6-4-14(5-7-15)18-2-1-9-25(18)11-13-3-8-16-17(10-13)24-12-23-16/h2-10,12H,11H2,(H,23,24). The molecule has 3 nitrogen and oxygen atoms in total. The molecule has 0 amide bonds. The molecule has 0 aliphatic rings. The number of aromatic amines is 1. The molecule has 25 heavy (non-hydrogen) atoms. The van der Waals surface area contributed by atoms with Crippen molar-refractivity contribution in [3.8, 4) is 11.3 Å². The zero-order valence-corrected chi connectivity index (χ0v) is 13.0. The maximum atomic E-state index is 12.7. The Hall–Kier alpha value is -3.02. The van der Waals surface area contributed by atoms with Gasteiger partial charge in [0.1, 0.15) is 0 Å². The van der Waals surface area contributed by atoms with Crippen LogP contribution in [0.4, 0.5) is 13.2 Å². The van der Waals surface area contributed by atoms with E-state index in [1.807, 2.05) is 22.8 Å². The molecule has 0 atom stereocenters. The topological polar surface area (TPSA) is 33.6 Å². The van der Waals surface area contributed by atoms with Gasteiger partial charge in [-0.3, -0.25) is 0 Å². The third-order valence-corrected chi connectivity index (χ3v) is 4.11. The Morgan fingerprint density at radius 1 is 1.08 bits per heavy atom. The lowest BCUT2D eigenvalue weighted by atomic mass is 10.1. The zero-order valence-electron chi connectivity index (χ0n) is 13.0. The SMILES string of the molecule is FC(F)(F)c1ccc(-c2c[c]cn2Cc2ccc3[nH]cnc3c2)cc1. The van der Waals surface area contributed by atoms with Crippen molar-refractivity contribution in [3.05, 3.63) is 78.2 Å². The van der Waals surface area contributed by atoms with Crippen molar-refractivity contribution < 1.29 is 13.2 Å². The first-order valence-corrected chi connectivity index (χ1v) is 7.66. The number of H-pyrrole nitrogens is 1. The molecule has 0 aliphatic heterocycles. The summed E-state index contributed by atoms with van der Waals surface area (Å²) in [7, 11) is 0. The molecule has 4 aromatic rings. The van der Waals surface area contributed by atoms with Gasteiger partial charge in [-0.25, -0.2) is 4.98 Å². The van der Waals surface area contributed by atoms with Gasteiger partial charge >= 0.3 is 6.18 Å². The minimum absolute atomic E-state index is 0.586. The Bertz CT molecular complexity index is 1010. The average Bonchev–Trinajstić information content (AvgIpc) is 3.23. The number of alkyl halides is 3. The second kappa shape index (κ2) is 5.81. The largest absolute Gasteiger partial charge is 0.416 e. The molecule has 0 bridgehead atoms. The van der Waals surface area contributed by atoms with Crippen molar-refractivity contribution in [3.63, 3.8) is 0 Å². The molecule has 2 aromatic carbocycles. The van der Waals surface area contributed by atoms with Gasteiger partial charge in [0.2, 0.25) is 0 Å². The first kappa shape index (κ1) is 15.5. The molecule has 0 spiro atoms. The van der Waals surface area contributed by atoms with Crippen LogP contribution in [0, 0.1) is 6.07 Å². The van der Waals surface area contributed by atoms with E-state index in [1.54, 1.807) is 18.6 Å². The number of hydrogen-bond donors (Lipinski definition) is 1. The van der Waals surface area contributed by atoms with Gasteiger partial charge in [-0.05, 0) is 41.5 Å². The fraction of sp³-hybridized carbons (Fsp3) is 0.105. The summed E-state index contributed by atoms with van der Waals surface area (Å²) in [5, 5.41) is 0. The second-order valence-corrected chi connectivity index (χ2v) is 5.78. The molecule has 2 heterocycles. The van der Waals surface area contributed by atoms with Crippen LogP contribution in [-0.4, -0.2) is 14.5 Å². The zero-order chi connectivity index (χ0) is 17.4. The van der Waals surface area contributed by atoms with Crippen LogP contribution in [0.15, 0.2) is 61.1 Å². The molecule has 0 saturated carbocycles. The highest BCUT2D eigenvalue weighted by Gasteiger charge is 2.30. The third-order valence-electron chi connectivity index (χ3n) is 4.11. The van der Waals surface area contributed by atoms with Gasteiger partial charge in [0.25, 0.3) is 0 Å². The summed E-state index contributed by atoms with van der Waals surface area (Å²) in [6.07, 6.45) is -0.890. The third kappa shape index (κ3) is 3.03. The van der Waals surface area contributed by atoms with Gasteiger partial charge in [0, 0.05) is 24.5 Å². The Labute approximate surface area is 141 Å². The van der Waals surface area contributed by atoms with Crippen molar-refractivity contribution in [2.75, 3.05) is 0 Å². The van der Waals surface area contributed by atoms with Crippen LogP contribution < -0.4 is 0 Å². The summed E-state index contributed by atoms with van der Waals surface area (Å²) in [5.74, 6) is 0. The normalized spacial score (nSPS) is 12.0. The summed E-state index contributed by atoms with van der Waals surface area (Å²) >= 11 is 0. The number of benzene rings is 2. The first-order chi connectivity index (χ1) is 12.0. The summed E-state index contributed by atoms with van der Waals surface area (Å²) in [5.41, 5.74) is 3.78. The number of nitrogens with one attached hydrogen (secondary N) is 1. The molecule has 1 radical (unpaired) electrons. The molecule has 0 fully saturated rings. The molecule has 1 N–H and O–H groups in total. The average molecular weight is 340 g/mol. The number of imidazole rings is 1. The molecular weight excluding hydrogens is 327 g/mol. The van der Waals surface area contributed by atoms with Crippen molar-refractivity contribution in [2.45, 2.75) is 12.7 Å². The van der Waals surface area contributed by atoms with Gasteiger partial charge in [0.05, 0.1) is 22.9 Å². The van der Waals surface area contributed by atoms with Crippen molar-refractivity contribution in [2.24, 2.45) is 0 Å². The minimum Gasteiger partial charge on any atom is -0.345 e. The fourth-order valence-corrected chi connectivity index (χ4v) is 2.84. The van der Waals surface area contributed by atoms with Gasteiger partial charge < -0.3 is 9.55 Å². The summed E-state index contributed by atoms with van der Waals surface area (Å²) in [6, 6.07) is 15.9. The maximum Gasteiger partial charge on any atom is 0.416 e. The van der Waals surface area contributed by atoms with Crippen molar-refractivity contribution >= 4 is 11.0 Å². The van der Waals surface area contributed by atoms with Crippen LogP contribution in [-0.2, 0) is 12.7 Å². The number of aromatic nitrogens is 3. The number of halogens is 3. The Balaban J connectivity index is 1.64. The number of hydrogen-bond acceptors (Lipinski definition) is 1. The van der Waals surface area contributed by atoms with Crippen LogP contribution in [0.5, 0.6) is 0 Å². The molecular formula is C19H13F3N3. The lowest BCUT2D eigenvalue weighted by Crippen LogP contribution is -2.04. The fourth-order valence-electron chi connectivity index (χ4n) is 2.84. The smallest absolute Gasteiger partial charge is 0.345 e.